The van der Waals surface area contributed by atoms with Gasteiger partial charge in [0.15, 0.2) is 0 Å². The molecule has 0 spiro atoms. The Morgan fingerprint density at radius 1 is 0.455 bits per heavy atom. The number of hydrogen-bond acceptors (Lipinski definition) is 3. The molecular weight excluding hydrogens is 563 g/mol. The topological polar surface area (TPSA) is 72.2 Å². The summed E-state index contributed by atoms with van der Waals surface area (Å²) in [6, 6.07) is 0. The normalized spacial score (nSPS) is 18.3. The lowest BCUT2D eigenvalue weighted by Crippen LogP contribution is -2.76. The lowest BCUT2D eigenvalue weighted by atomic mass is 9.89. The first-order valence-electron chi connectivity index (χ1n) is 6.53. The minimum absolute atomic E-state index is 2.07. The molecule has 24 heteroatoms. The smallest absolute Gasteiger partial charge is 0.192 e. The van der Waals surface area contributed by atoms with E-state index in [0.29, 0.717) is 0 Å². The summed E-state index contributed by atoms with van der Waals surface area (Å²) in [5.41, 5.74) is 0. The zero-order valence-corrected chi connectivity index (χ0v) is 14.7. The zero-order chi connectivity index (χ0) is 27.7. The van der Waals surface area contributed by atoms with Gasteiger partial charge in [-0.25, -0.2) is 0 Å². The van der Waals surface area contributed by atoms with Crippen molar-refractivity contribution >= 4 is 10.5 Å². The van der Waals surface area contributed by atoms with Crippen molar-refractivity contribution in [2.45, 2.75) is 52.9 Å². The highest BCUT2D eigenvalue weighted by Crippen LogP contribution is 2.65. The first-order chi connectivity index (χ1) is 13.8. The lowest BCUT2D eigenvalue weighted by Gasteiger charge is -2.42. The van der Waals surface area contributed by atoms with Gasteiger partial charge in [-0.2, -0.15) is 80.5 Å². The molecule has 0 saturated carbocycles. The van der Waals surface area contributed by atoms with Crippen LogP contribution in [0, 0.1) is 0 Å². The van der Waals surface area contributed by atoms with Crippen LogP contribution in [0.1, 0.15) is 0 Å². The molecule has 1 unspecified atom stereocenters. The largest absolute Gasteiger partial charge is 0.550 e. The standard InChI is InChI=1S/C9H2F19NO3S/c10-1(11,2(12,13)4(16,17)6(20,21)8(24,25)26)3(14,15)5(18,19)7(22,23)9(27,28)33(30,31)32-29/h29H2/q+1. The fourth-order valence-electron chi connectivity index (χ4n) is 1.56. The summed E-state index contributed by atoms with van der Waals surface area (Å²) < 4.78 is 268. The zero-order valence-electron chi connectivity index (χ0n) is 13.9. The highest BCUT2D eigenvalue weighted by atomic mass is 32.3. The summed E-state index contributed by atoms with van der Waals surface area (Å²) >= 11 is 0. The Kier molecular flexibility index (Phi) is 7.30. The quantitative estimate of drug-likeness (QED) is 0.236. The van der Waals surface area contributed by atoms with E-state index in [0.717, 1.165) is 0 Å². The molecule has 0 aromatic heterocycles. The van der Waals surface area contributed by atoms with E-state index in [4.69, 9.17) is 0 Å². The SMILES string of the molecule is NO[S+]([O])(=O)C(F)(F)C(F)(F)C(F)(F)C(F)(F)C(F)(F)C(F)(F)C(F)(F)C(F)(F)C(F)(F)F. The van der Waals surface area contributed by atoms with Gasteiger partial charge < -0.3 is 0 Å². The Balaban J connectivity index is 7.06. The van der Waals surface area contributed by atoms with Gasteiger partial charge in [0.25, 0.3) is 0 Å². The lowest BCUT2D eigenvalue weighted by molar-refractivity contribution is -0.466. The molecule has 33 heavy (non-hydrogen) atoms. The summed E-state index contributed by atoms with van der Waals surface area (Å²) in [5, 5.41) is -7.86. The van der Waals surface area contributed by atoms with E-state index in [2.05, 4.69) is 10.2 Å². The van der Waals surface area contributed by atoms with Crippen molar-refractivity contribution in [1.29, 1.82) is 0 Å². The Morgan fingerprint density at radius 3 is 0.879 bits per heavy atom. The van der Waals surface area contributed by atoms with Crippen molar-refractivity contribution in [1.82, 2.24) is 0 Å². The van der Waals surface area contributed by atoms with E-state index >= 15 is 0 Å². The fourth-order valence-corrected chi connectivity index (χ4v) is 2.13. The van der Waals surface area contributed by atoms with Gasteiger partial charge in [-0.3, -0.25) is 0 Å². The molecule has 0 rings (SSSR count). The predicted octanol–water partition coefficient (Wildman–Crippen LogP) is 5.24. The van der Waals surface area contributed by atoms with E-state index in [-0.39, 0.29) is 0 Å². The summed E-state index contributed by atoms with van der Waals surface area (Å²) in [4.78, 5) is 0. The Hall–Kier alpha value is -1.30. The van der Waals surface area contributed by atoms with Gasteiger partial charge in [0.2, 0.25) is 0 Å². The van der Waals surface area contributed by atoms with Gasteiger partial charge >= 0.3 is 63.4 Å². The third-order valence-corrected chi connectivity index (χ3v) is 4.67. The molecule has 0 aliphatic heterocycles. The molecule has 199 valence electrons. The van der Waals surface area contributed by atoms with Crippen molar-refractivity contribution in [2.24, 2.45) is 5.90 Å². The van der Waals surface area contributed by atoms with Crippen LogP contribution in [0.25, 0.3) is 0 Å². The van der Waals surface area contributed by atoms with E-state index in [9.17, 15) is 92.2 Å². The maximum Gasteiger partial charge on any atom is 0.550 e. The van der Waals surface area contributed by atoms with E-state index < -0.39 is 63.4 Å². The van der Waals surface area contributed by atoms with Crippen LogP contribution in [0.2, 0.25) is 0 Å². The molecule has 1 radical (unpaired) electrons. The molecule has 0 heterocycles. The third-order valence-electron chi connectivity index (χ3n) is 3.53. The van der Waals surface area contributed by atoms with Crippen molar-refractivity contribution in [3.63, 3.8) is 0 Å². The molecule has 0 fully saturated rings. The second kappa shape index (κ2) is 7.60. The van der Waals surface area contributed by atoms with Crippen LogP contribution in [0.15, 0.2) is 0 Å². The maximum atomic E-state index is 13.3. The highest BCUT2D eigenvalue weighted by molar-refractivity contribution is 7.94. The fraction of sp³-hybridized carbons (Fsp3) is 1.00. The molecule has 0 aromatic rings. The Morgan fingerprint density at radius 2 is 0.667 bits per heavy atom. The second-order valence-corrected chi connectivity index (χ2v) is 7.20. The molecule has 1 atom stereocenters. The molecule has 0 aliphatic carbocycles. The van der Waals surface area contributed by atoms with Crippen LogP contribution in [-0.2, 0) is 23.5 Å². The first kappa shape index (κ1) is 31.7. The van der Waals surface area contributed by atoms with Gasteiger partial charge in [-0.05, 0) is 8.49 Å². The van der Waals surface area contributed by atoms with Crippen LogP contribution in [0.5, 0.6) is 0 Å². The van der Waals surface area contributed by atoms with E-state index in [1.807, 2.05) is 0 Å². The Labute approximate surface area is 167 Å². The van der Waals surface area contributed by atoms with E-state index in [1.54, 1.807) is 0 Å². The van der Waals surface area contributed by atoms with Crippen molar-refractivity contribution in [3.05, 3.63) is 0 Å². The number of alkyl halides is 19. The molecular formula is C9H2F19NO3S+. The van der Waals surface area contributed by atoms with Gasteiger partial charge in [0, 0.05) is 0 Å². The van der Waals surface area contributed by atoms with Crippen molar-refractivity contribution < 1.29 is 96.5 Å². The minimum Gasteiger partial charge on any atom is -0.192 e. The van der Waals surface area contributed by atoms with Gasteiger partial charge in [-0.1, -0.05) is 0 Å². The van der Waals surface area contributed by atoms with Crippen molar-refractivity contribution in [3.8, 4) is 0 Å². The molecule has 0 saturated heterocycles. The van der Waals surface area contributed by atoms with E-state index in [1.165, 1.54) is 0 Å². The van der Waals surface area contributed by atoms with Gasteiger partial charge in [0.05, 0.1) is 4.55 Å². The number of nitrogens with two attached hydrogens (primary N) is 1. The van der Waals surface area contributed by atoms with Crippen LogP contribution in [-0.4, -0.2) is 52.9 Å². The van der Waals surface area contributed by atoms with Gasteiger partial charge in [-0.15, -0.1) is 8.78 Å². The molecule has 0 bridgehead atoms. The van der Waals surface area contributed by atoms with Crippen LogP contribution in [0.3, 0.4) is 0 Å². The molecule has 0 aliphatic rings. The number of rotatable bonds is 9. The number of hydrogen-bond donors (Lipinski definition) is 1. The molecule has 0 amide bonds. The van der Waals surface area contributed by atoms with Crippen LogP contribution in [0.4, 0.5) is 83.4 Å². The molecule has 4 nitrogen and oxygen atoms in total. The number of halogens is 19. The second-order valence-electron chi connectivity index (χ2n) is 5.59. The Bertz CT molecular complexity index is 788. The first-order valence-corrected chi connectivity index (χ1v) is 7.94. The summed E-state index contributed by atoms with van der Waals surface area (Å²) in [7, 11) is -7.72. The predicted molar refractivity (Wildman–Crippen MR) is 59.6 cm³/mol. The summed E-state index contributed by atoms with van der Waals surface area (Å²) in [6.07, 6.45) is -7.99. The summed E-state index contributed by atoms with van der Waals surface area (Å²) in [5.74, 6) is -58.6. The van der Waals surface area contributed by atoms with Crippen LogP contribution >= 0.6 is 0 Å². The van der Waals surface area contributed by atoms with Gasteiger partial charge in [0.1, 0.15) is 0 Å². The average Bonchev–Trinajstić information content (AvgIpc) is 2.59. The average molecular weight is 565 g/mol. The van der Waals surface area contributed by atoms with Crippen LogP contribution < -0.4 is 5.90 Å². The maximum absolute atomic E-state index is 13.3. The minimum atomic E-state index is -9.14. The van der Waals surface area contributed by atoms with Crippen molar-refractivity contribution in [2.75, 3.05) is 0 Å². The molecule has 2 N–H and O–H groups in total. The molecule has 0 aromatic carbocycles. The highest BCUT2D eigenvalue weighted by Gasteiger charge is 2.99. The summed E-state index contributed by atoms with van der Waals surface area (Å²) in [6.45, 7) is 0. The third kappa shape index (κ3) is 3.70. The monoisotopic (exact) mass is 565 g/mol.